The molecule has 0 atom stereocenters. The highest BCUT2D eigenvalue weighted by Crippen LogP contribution is 2.31. The summed E-state index contributed by atoms with van der Waals surface area (Å²) >= 11 is 0. The molecule has 1 fully saturated rings. The van der Waals surface area contributed by atoms with Crippen molar-refractivity contribution in [2.24, 2.45) is 0 Å². The van der Waals surface area contributed by atoms with Crippen LogP contribution in [0.15, 0.2) is 0 Å². The van der Waals surface area contributed by atoms with Gasteiger partial charge >= 0.3 is 0 Å². The fraction of sp³-hybridized carbons (Fsp3) is 1.00. The van der Waals surface area contributed by atoms with Crippen molar-refractivity contribution in [2.75, 3.05) is 12.3 Å². The smallest absolute Gasteiger partial charge is 0.213 e. The van der Waals surface area contributed by atoms with Crippen LogP contribution in [0.5, 0.6) is 0 Å². The van der Waals surface area contributed by atoms with E-state index in [0.717, 1.165) is 19.3 Å². The van der Waals surface area contributed by atoms with Crippen LogP contribution in [0.2, 0.25) is 0 Å². The largest absolute Gasteiger partial charge is 0.313 e. The zero-order valence-corrected chi connectivity index (χ0v) is 10.7. The molecule has 2 N–H and O–H groups in total. The van der Waals surface area contributed by atoms with E-state index in [0.29, 0.717) is 12.6 Å². The van der Waals surface area contributed by atoms with E-state index in [-0.39, 0.29) is 11.3 Å². The molecule has 4 nitrogen and oxygen atoms in total. The van der Waals surface area contributed by atoms with Crippen LogP contribution in [0.3, 0.4) is 0 Å². The molecular weight excluding hydrogens is 212 g/mol. The summed E-state index contributed by atoms with van der Waals surface area (Å²) in [6.45, 7) is 6.51. The molecule has 1 aliphatic carbocycles. The average molecular weight is 234 g/mol. The van der Waals surface area contributed by atoms with Crippen molar-refractivity contribution in [1.82, 2.24) is 10.0 Å². The maximum atomic E-state index is 11.7. The van der Waals surface area contributed by atoms with Gasteiger partial charge in [0.2, 0.25) is 10.0 Å². The molecule has 1 rings (SSSR count). The lowest BCUT2D eigenvalue weighted by Crippen LogP contribution is -2.52. The third-order valence-electron chi connectivity index (χ3n) is 2.78. The maximum Gasteiger partial charge on any atom is 0.213 e. The number of nitrogens with one attached hydrogen (secondary N) is 2. The van der Waals surface area contributed by atoms with Gasteiger partial charge in [0.25, 0.3) is 0 Å². The highest BCUT2D eigenvalue weighted by molar-refractivity contribution is 7.89. The van der Waals surface area contributed by atoms with Gasteiger partial charge in [-0.2, -0.15) is 0 Å². The monoisotopic (exact) mass is 234 g/mol. The first kappa shape index (κ1) is 12.9. The van der Waals surface area contributed by atoms with Crippen LogP contribution in [-0.2, 0) is 10.0 Å². The first-order valence-electron chi connectivity index (χ1n) is 5.58. The van der Waals surface area contributed by atoms with Gasteiger partial charge in [0.05, 0.1) is 5.75 Å². The molecule has 0 aromatic heterocycles. The first-order chi connectivity index (χ1) is 6.83. The van der Waals surface area contributed by atoms with Gasteiger partial charge in [-0.1, -0.05) is 13.8 Å². The van der Waals surface area contributed by atoms with E-state index in [1.54, 1.807) is 0 Å². The third-order valence-corrected chi connectivity index (χ3v) is 4.33. The summed E-state index contributed by atoms with van der Waals surface area (Å²) in [4.78, 5) is 0. The van der Waals surface area contributed by atoms with E-state index >= 15 is 0 Å². The molecule has 0 aromatic carbocycles. The fourth-order valence-electron chi connectivity index (χ4n) is 1.72. The van der Waals surface area contributed by atoms with Gasteiger partial charge in [-0.15, -0.1) is 0 Å². The Morgan fingerprint density at radius 1 is 1.33 bits per heavy atom. The number of sulfonamides is 1. The van der Waals surface area contributed by atoms with Gasteiger partial charge in [-0.3, -0.25) is 0 Å². The van der Waals surface area contributed by atoms with Crippen LogP contribution in [0.1, 0.15) is 40.0 Å². The van der Waals surface area contributed by atoms with Crippen molar-refractivity contribution in [2.45, 2.75) is 51.6 Å². The second-order valence-corrected chi connectivity index (χ2v) is 6.79. The Morgan fingerprint density at radius 3 is 2.33 bits per heavy atom. The predicted molar refractivity (Wildman–Crippen MR) is 62.3 cm³/mol. The quantitative estimate of drug-likeness (QED) is 0.716. The van der Waals surface area contributed by atoms with Crippen LogP contribution in [0.4, 0.5) is 0 Å². The van der Waals surface area contributed by atoms with Crippen molar-refractivity contribution >= 4 is 10.0 Å². The molecule has 0 spiro atoms. The molecule has 1 saturated carbocycles. The Labute approximate surface area is 92.9 Å². The second-order valence-electron chi connectivity index (χ2n) is 4.94. The topological polar surface area (TPSA) is 58.2 Å². The van der Waals surface area contributed by atoms with E-state index in [1.165, 1.54) is 0 Å². The van der Waals surface area contributed by atoms with Gasteiger partial charge in [-0.25, -0.2) is 13.1 Å². The summed E-state index contributed by atoms with van der Waals surface area (Å²) in [5.41, 5.74) is -0.170. The lowest BCUT2D eigenvalue weighted by molar-refractivity contribution is 0.248. The summed E-state index contributed by atoms with van der Waals surface area (Å²) in [6.07, 6.45) is 3.05. The van der Waals surface area contributed by atoms with Crippen LogP contribution >= 0.6 is 0 Å². The van der Waals surface area contributed by atoms with Gasteiger partial charge in [-0.05, 0) is 26.2 Å². The third kappa shape index (κ3) is 4.49. The molecular formula is C10H22N2O2S. The molecule has 0 bridgehead atoms. The van der Waals surface area contributed by atoms with Crippen LogP contribution < -0.4 is 10.0 Å². The second kappa shape index (κ2) is 4.80. The maximum absolute atomic E-state index is 11.7. The van der Waals surface area contributed by atoms with E-state index in [2.05, 4.69) is 10.0 Å². The van der Waals surface area contributed by atoms with E-state index in [1.807, 2.05) is 20.8 Å². The van der Waals surface area contributed by atoms with E-state index in [9.17, 15) is 8.42 Å². The zero-order valence-electron chi connectivity index (χ0n) is 9.84. The summed E-state index contributed by atoms with van der Waals surface area (Å²) < 4.78 is 26.1. The van der Waals surface area contributed by atoms with Crippen molar-refractivity contribution in [3.8, 4) is 0 Å². The molecule has 0 amide bonds. The average Bonchev–Trinajstić information content (AvgIpc) is 1.99. The SMILES string of the molecule is CC(C)NCCS(=O)(=O)NC1(C)CCC1. The molecule has 0 unspecified atom stereocenters. The Bertz CT molecular complexity index is 295. The lowest BCUT2D eigenvalue weighted by atomic mass is 9.80. The minimum absolute atomic E-state index is 0.167. The van der Waals surface area contributed by atoms with Gasteiger partial charge in [0, 0.05) is 18.1 Å². The first-order valence-corrected chi connectivity index (χ1v) is 7.23. The molecule has 0 radical (unpaired) electrons. The van der Waals surface area contributed by atoms with Crippen LogP contribution in [0, 0.1) is 0 Å². The Balaban J connectivity index is 2.32. The standard InChI is InChI=1S/C10H22N2O2S/c1-9(2)11-7-8-15(13,14)12-10(3)5-4-6-10/h9,11-12H,4-8H2,1-3H3. The number of hydrogen-bond acceptors (Lipinski definition) is 3. The predicted octanol–water partition coefficient (Wildman–Crippen LogP) is 0.846. The number of rotatable bonds is 6. The molecule has 0 aliphatic heterocycles. The molecule has 90 valence electrons. The van der Waals surface area contributed by atoms with E-state index < -0.39 is 10.0 Å². The van der Waals surface area contributed by atoms with Crippen molar-refractivity contribution < 1.29 is 8.42 Å². The Hall–Kier alpha value is -0.130. The van der Waals surface area contributed by atoms with Gasteiger partial charge < -0.3 is 5.32 Å². The molecule has 1 aliphatic rings. The lowest BCUT2D eigenvalue weighted by Gasteiger charge is -2.38. The van der Waals surface area contributed by atoms with Crippen LogP contribution in [0.25, 0.3) is 0 Å². The van der Waals surface area contributed by atoms with Crippen LogP contribution in [-0.4, -0.2) is 32.3 Å². The van der Waals surface area contributed by atoms with Crippen molar-refractivity contribution in [3.63, 3.8) is 0 Å². The summed E-state index contributed by atoms with van der Waals surface area (Å²) in [5, 5.41) is 3.10. The Morgan fingerprint density at radius 2 is 1.93 bits per heavy atom. The highest BCUT2D eigenvalue weighted by atomic mass is 32.2. The normalized spacial score (nSPS) is 20.3. The minimum atomic E-state index is -3.11. The zero-order chi connectivity index (χ0) is 11.5. The minimum Gasteiger partial charge on any atom is -0.313 e. The van der Waals surface area contributed by atoms with Gasteiger partial charge in [0.15, 0.2) is 0 Å². The molecule has 0 saturated heterocycles. The molecule has 0 heterocycles. The van der Waals surface area contributed by atoms with E-state index in [4.69, 9.17) is 0 Å². The summed E-state index contributed by atoms with van der Waals surface area (Å²) in [7, 11) is -3.11. The highest BCUT2D eigenvalue weighted by Gasteiger charge is 2.35. The number of hydrogen-bond donors (Lipinski definition) is 2. The summed E-state index contributed by atoms with van der Waals surface area (Å²) in [6, 6.07) is 0.333. The molecule has 5 heteroatoms. The Kier molecular flexibility index (Phi) is 4.14. The van der Waals surface area contributed by atoms with Crippen molar-refractivity contribution in [3.05, 3.63) is 0 Å². The molecule has 0 aromatic rings. The molecule has 15 heavy (non-hydrogen) atoms. The summed E-state index contributed by atoms with van der Waals surface area (Å²) in [5.74, 6) is 0.167. The fourth-order valence-corrected chi connectivity index (χ4v) is 3.16. The van der Waals surface area contributed by atoms with Crippen molar-refractivity contribution in [1.29, 1.82) is 0 Å². The van der Waals surface area contributed by atoms with Gasteiger partial charge in [0.1, 0.15) is 0 Å².